The minimum Gasteiger partial charge on any atom is -0.496 e. The van der Waals surface area contributed by atoms with Crippen molar-refractivity contribution in [3.05, 3.63) is 29.8 Å². The van der Waals surface area contributed by atoms with Gasteiger partial charge in [0.25, 0.3) is 0 Å². The molecule has 0 unspecified atom stereocenters. The van der Waals surface area contributed by atoms with Crippen LogP contribution in [0.2, 0.25) is 0 Å². The van der Waals surface area contributed by atoms with Gasteiger partial charge in [0.1, 0.15) is 23.9 Å². The minimum atomic E-state index is 0.587. The summed E-state index contributed by atoms with van der Waals surface area (Å²) in [4.78, 5) is 0. The van der Waals surface area contributed by atoms with Gasteiger partial charge in [-0.3, -0.25) is 0 Å². The van der Waals surface area contributed by atoms with Gasteiger partial charge in [0, 0.05) is 18.2 Å². The molecule has 0 bridgehead atoms. The number of methoxy groups -OCH3 is 2. The third kappa shape index (κ3) is 4.39. The molecular weight excluding hydrogens is 216 g/mol. The Bertz CT molecular complexity index is 361. The SMILES string of the molecule is CC/C=C(\C)COc1cc(OC)cc(OC)c1. The van der Waals surface area contributed by atoms with Crippen LogP contribution in [0.5, 0.6) is 17.2 Å². The summed E-state index contributed by atoms with van der Waals surface area (Å²) in [6.45, 7) is 4.75. The van der Waals surface area contributed by atoms with Gasteiger partial charge in [0.2, 0.25) is 0 Å². The predicted octanol–water partition coefficient (Wildman–Crippen LogP) is 3.44. The maximum atomic E-state index is 5.68. The first kappa shape index (κ1) is 13.4. The molecule has 0 aliphatic carbocycles. The van der Waals surface area contributed by atoms with E-state index in [9.17, 15) is 0 Å². The topological polar surface area (TPSA) is 27.7 Å². The summed E-state index contributed by atoms with van der Waals surface area (Å²) >= 11 is 0. The molecule has 3 heteroatoms. The molecule has 0 aliphatic heterocycles. The largest absolute Gasteiger partial charge is 0.496 e. The summed E-state index contributed by atoms with van der Waals surface area (Å²) in [6.07, 6.45) is 3.17. The number of benzene rings is 1. The van der Waals surface area contributed by atoms with Gasteiger partial charge >= 0.3 is 0 Å². The Morgan fingerprint density at radius 1 is 1.06 bits per heavy atom. The Kier molecular flexibility index (Phi) is 5.40. The molecule has 0 heterocycles. The van der Waals surface area contributed by atoms with Crippen LogP contribution in [-0.4, -0.2) is 20.8 Å². The molecule has 0 aliphatic rings. The average Bonchev–Trinajstić information content (AvgIpc) is 2.36. The summed E-state index contributed by atoms with van der Waals surface area (Å²) in [5.41, 5.74) is 1.22. The van der Waals surface area contributed by atoms with Crippen molar-refractivity contribution >= 4 is 0 Å². The van der Waals surface area contributed by atoms with E-state index in [1.54, 1.807) is 14.2 Å². The van der Waals surface area contributed by atoms with Gasteiger partial charge in [-0.15, -0.1) is 0 Å². The first-order valence-corrected chi connectivity index (χ1v) is 5.71. The summed E-state index contributed by atoms with van der Waals surface area (Å²) in [5.74, 6) is 2.22. The molecule has 1 rings (SSSR count). The number of allylic oxidation sites excluding steroid dienone is 1. The molecule has 1 aromatic carbocycles. The van der Waals surface area contributed by atoms with Crippen LogP contribution in [-0.2, 0) is 0 Å². The maximum Gasteiger partial charge on any atom is 0.127 e. The molecule has 0 aromatic heterocycles. The smallest absolute Gasteiger partial charge is 0.127 e. The van der Waals surface area contributed by atoms with Gasteiger partial charge in [0.05, 0.1) is 14.2 Å². The fourth-order valence-electron chi connectivity index (χ4n) is 1.47. The monoisotopic (exact) mass is 236 g/mol. The van der Waals surface area contributed by atoms with Gasteiger partial charge in [-0.05, 0) is 18.9 Å². The van der Waals surface area contributed by atoms with Gasteiger partial charge in [0.15, 0.2) is 0 Å². The van der Waals surface area contributed by atoms with E-state index >= 15 is 0 Å². The minimum absolute atomic E-state index is 0.587. The lowest BCUT2D eigenvalue weighted by molar-refractivity contribution is 0.340. The van der Waals surface area contributed by atoms with Crippen molar-refractivity contribution in [3.8, 4) is 17.2 Å². The van der Waals surface area contributed by atoms with Crippen LogP contribution in [0.15, 0.2) is 29.8 Å². The van der Waals surface area contributed by atoms with Crippen molar-refractivity contribution in [3.63, 3.8) is 0 Å². The highest BCUT2D eigenvalue weighted by atomic mass is 16.5. The fourth-order valence-corrected chi connectivity index (χ4v) is 1.47. The fraction of sp³-hybridized carbons (Fsp3) is 0.429. The van der Waals surface area contributed by atoms with Crippen LogP contribution in [0.25, 0.3) is 0 Å². The molecule has 0 N–H and O–H groups in total. The Morgan fingerprint density at radius 2 is 1.59 bits per heavy atom. The van der Waals surface area contributed by atoms with Gasteiger partial charge in [-0.1, -0.05) is 13.0 Å². The Labute approximate surface area is 103 Å². The highest BCUT2D eigenvalue weighted by molar-refractivity contribution is 5.42. The highest BCUT2D eigenvalue weighted by Gasteiger charge is 2.02. The predicted molar refractivity (Wildman–Crippen MR) is 69.1 cm³/mol. The molecule has 94 valence electrons. The first-order valence-electron chi connectivity index (χ1n) is 5.71. The summed E-state index contributed by atoms with van der Waals surface area (Å²) < 4.78 is 16.0. The first-order chi connectivity index (χ1) is 8.19. The number of hydrogen-bond acceptors (Lipinski definition) is 3. The molecule has 0 spiro atoms. The second-order valence-electron chi connectivity index (χ2n) is 3.80. The molecule has 0 saturated heterocycles. The molecule has 0 atom stereocenters. The molecule has 0 fully saturated rings. The molecule has 1 aromatic rings. The molecule has 0 radical (unpaired) electrons. The van der Waals surface area contributed by atoms with Crippen molar-refractivity contribution in [2.45, 2.75) is 20.3 Å². The van der Waals surface area contributed by atoms with E-state index in [1.165, 1.54) is 5.57 Å². The third-order valence-corrected chi connectivity index (χ3v) is 2.34. The third-order valence-electron chi connectivity index (χ3n) is 2.34. The molecule has 17 heavy (non-hydrogen) atoms. The standard InChI is InChI=1S/C14H20O3/c1-5-6-11(2)10-17-14-8-12(15-3)7-13(9-14)16-4/h6-9H,5,10H2,1-4H3/b11-6+. The van der Waals surface area contributed by atoms with E-state index in [1.807, 2.05) is 18.2 Å². The second-order valence-corrected chi connectivity index (χ2v) is 3.80. The molecule has 0 saturated carbocycles. The van der Waals surface area contributed by atoms with Crippen LogP contribution in [0.3, 0.4) is 0 Å². The molecule has 0 amide bonds. The van der Waals surface area contributed by atoms with Crippen molar-refractivity contribution in [1.82, 2.24) is 0 Å². The van der Waals surface area contributed by atoms with Crippen LogP contribution in [0.1, 0.15) is 20.3 Å². The number of hydrogen-bond donors (Lipinski definition) is 0. The van der Waals surface area contributed by atoms with E-state index in [0.717, 1.165) is 23.7 Å². The van der Waals surface area contributed by atoms with Crippen LogP contribution in [0.4, 0.5) is 0 Å². The number of rotatable bonds is 6. The summed E-state index contributed by atoms with van der Waals surface area (Å²) in [7, 11) is 3.25. The van der Waals surface area contributed by atoms with Crippen LogP contribution < -0.4 is 14.2 Å². The Morgan fingerprint density at radius 3 is 2.06 bits per heavy atom. The molecule has 3 nitrogen and oxygen atoms in total. The van der Waals surface area contributed by atoms with Crippen LogP contribution >= 0.6 is 0 Å². The van der Waals surface area contributed by atoms with Crippen molar-refractivity contribution in [2.24, 2.45) is 0 Å². The van der Waals surface area contributed by atoms with E-state index in [2.05, 4.69) is 19.9 Å². The van der Waals surface area contributed by atoms with E-state index in [4.69, 9.17) is 14.2 Å². The lowest BCUT2D eigenvalue weighted by atomic mass is 10.2. The van der Waals surface area contributed by atoms with Gasteiger partial charge in [-0.2, -0.15) is 0 Å². The zero-order chi connectivity index (χ0) is 12.7. The van der Waals surface area contributed by atoms with Crippen LogP contribution in [0, 0.1) is 0 Å². The van der Waals surface area contributed by atoms with Gasteiger partial charge in [-0.25, -0.2) is 0 Å². The average molecular weight is 236 g/mol. The maximum absolute atomic E-state index is 5.68. The lowest BCUT2D eigenvalue weighted by Gasteiger charge is -2.10. The molecular formula is C14H20O3. The quantitative estimate of drug-likeness (QED) is 0.708. The second kappa shape index (κ2) is 6.84. The summed E-state index contributed by atoms with van der Waals surface area (Å²) in [5, 5.41) is 0. The summed E-state index contributed by atoms with van der Waals surface area (Å²) in [6, 6.07) is 5.52. The van der Waals surface area contributed by atoms with E-state index < -0.39 is 0 Å². The lowest BCUT2D eigenvalue weighted by Crippen LogP contribution is -1.99. The van der Waals surface area contributed by atoms with Crippen molar-refractivity contribution < 1.29 is 14.2 Å². The van der Waals surface area contributed by atoms with Crippen molar-refractivity contribution in [1.29, 1.82) is 0 Å². The zero-order valence-corrected chi connectivity index (χ0v) is 10.9. The Hall–Kier alpha value is -1.64. The van der Waals surface area contributed by atoms with E-state index in [-0.39, 0.29) is 0 Å². The normalized spacial score (nSPS) is 11.2. The zero-order valence-electron chi connectivity index (χ0n) is 10.9. The Balaban J connectivity index is 2.73. The van der Waals surface area contributed by atoms with Crippen molar-refractivity contribution in [2.75, 3.05) is 20.8 Å². The van der Waals surface area contributed by atoms with E-state index in [0.29, 0.717) is 6.61 Å². The van der Waals surface area contributed by atoms with Gasteiger partial charge < -0.3 is 14.2 Å². The number of ether oxygens (including phenoxy) is 3. The highest BCUT2D eigenvalue weighted by Crippen LogP contribution is 2.27.